The van der Waals surface area contributed by atoms with Crippen molar-refractivity contribution in [3.8, 4) is 0 Å². The number of hydrogen-bond donors (Lipinski definition) is 1. The van der Waals surface area contributed by atoms with Crippen LogP contribution in [0.25, 0.3) is 0 Å². The molecule has 144 valence electrons. The Morgan fingerprint density at radius 1 is 1.18 bits per heavy atom. The number of pyridine rings is 1. The maximum Gasteiger partial charge on any atom is 0.329 e. The van der Waals surface area contributed by atoms with E-state index in [0.29, 0.717) is 11.3 Å². The Morgan fingerprint density at radius 3 is 2.57 bits per heavy atom. The molecule has 1 aromatic carbocycles. The molecule has 0 radical (unpaired) electrons. The minimum absolute atomic E-state index is 0.0157. The van der Waals surface area contributed by atoms with Crippen LogP contribution in [-0.4, -0.2) is 20.3 Å². The summed E-state index contributed by atoms with van der Waals surface area (Å²) in [6.45, 7) is 5.28. The molecule has 0 aliphatic carbocycles. The maximum atomic E-state index is 13.6. The largest absolute Gasteiger partial charge is 0.329 e. The molecule has 3 rings (SSSR count). The number of nitrogens with one attached hydrogen (secondary N) is 1. The lowest BCUT2D eigenvalue weighted by Gasteiger charge is -2.15. The molecule has 6 nitrogen and oxygen atoms in total. The summed E-state index contributed by atoms with van der Waals surface area (Å²) in [6, 6.07) is 9.20. The van der Waals surface area contributed by atoms with Crippen molar-refractivity contribution in [2.45, 2.75) is 33.7 Å². The normalized spacial score (nSPS) is 10.9. The number of aromatic amines is 1. The maximum absolute atomic E-state index is 13.6. The van der Waals surface area contributed by atoms with Crippen LogP contribution in [0, 0.1) is 19.7 Å². The minimum Gasteiger partial charge on any atom is -0.285 e. The fourth-order valence-electron chi connectivity index (χ4n) is 3.25. The lowest BCUT2D eigenvalue weighted by molar-refractivity contribution is 0.102. The van der Waals surface area contributed by atoms with Gasteiger partial charge in [0.15, 0.2) is 0 Å². The molecule has 0 aliphatic heterocycles. The summed E-state index contributed by atoms with van der Waals surface area (Å²) in [6.07, 6.45) is 0.255. The second kappa shape index (κ2) is 7.72. The summed E-state index contributed by atoms with van der Waals surface area (Å²) in [5.74, 6) is -0.960. The van der Waals surface area contributed by atoms with Gasteiger partial charge in [-0.15, -0.1) is 0 Å². The monoisotopic (exact) mass is 381 g/mol. The van der Waals surface area contributed by atoms with Crippen molar-refractivity contribution in [2.24, 2.45) is 0 Å². The first-order chi connectivity index (χ1) is 13.3. The van der Waals surface area contributed by atoms with E-state index < -0.39 is 22.8 Å². The number of nitrogens with zero attached hydrogens (tertiary/aromatic N) is 2. The molecule has 0 bridgehead atoms. The summed E-state index contributed by atoms with van der Waals surface area (Å²) in [5, 5.41) is 0. The van der Waals surface area contributed by atoms with Crippen molar-refractivity contribution in [2.75, 3.05) is 0 Å². The third kappa shape index (κ3) is 3.83. The quantitative estimate of drug-likeness (QED) is 0.689. The van der Waals surface area contributed by atoms with Crippen molar-refractivity contribution in [3.05, 3.63) is 96.8 Å². The Balaban J connectivity index is 2.24. The number of halogens is 1. The number of carbonyl (C=O) groups is 1. The summed E-state index contributed by atoms with van der Waals surface area (Å²) in [4.78, 5) is 44.6. The molecule has 0 unspecified atom stereocenters. The van der Waals surface area contributed by atoms with E-state index in [1.807, 2.05) is 13.0 Å². The Bertz CT molecular complexity index is 1160. The number of carbonyl (C=O) groups excluding carboxylic acids is 1. The number of rotatable bonds is 5. The summed E-state index contributed by atoms with van der Waals surface area (Å²) < 4.78 is 14.7. The predicted octanol–water partition coefficient (Wildman–Crippen LogP) is 2.53. The van der Waals surface area contributed by atoms with Gasteiger partial charge in [-0.3, -0.25) is 19.1 Å². The average molecular weight is 381 g/mol. The first-order valence-corrected chi connectivity index (χ1v) is 8.90. The van der Waals surface area contributed by atoms with E-state index >= 15 is 0 Å². The van der Waals surface area contributed by atoms with E-state index in [-0.39, 0.29) is 29.9 Å². The van der Waals surface area contributed by atoms with E-state index in [4.69, 9.17) is 0 Å². The van der Waals surface area contributed by atoms with Gasteiger partial charge in [0.25, 0.3) is 5.56 Å². The SMILES string of the molecule is CCc1c(C(=O)c2cc(C)cc(C)n2)n(Cc2cccc(F)c2)c(=O)[nH]c1=O. The number of hydrogen-bond acceptors (Lipinski definition) is 4. The molecule has 3 aromatic rings. The van der Waals surface area contributed by atoms with E-state index in [9.17, 15) is 18.8 Å². The number of aryl methyl sites for hydroxylation is 2. The van der Waals surface area contributed by atoms with Gasteiger partial charge in [-0.05, 0) is 55.7 Å². The van der Waals surface area contributed by atoms with E-state index in [0.717, 1.165) is 5.56 Å². The number of aromatic nitrogens is 3. The number of benzene rings is 1. The fraction of sp³-hybridized carbons (Fsp3) is 0.238. The Kier molecular flexibility index (Phi) is 5.35. The summed E-state index contributed by atoms with van der Waals surface area (Å²) >= 11 is 0. The van der Waals surface area contributed by atoms with E-state index in [2.05, 4.69) is 9.97 Å². The van der Waals surface area contributed by atoms with E-state index in [1.165, 1.54) is 22.8 Å². The summed E-state index contributed by atoms with van der Waals surface area (Å²) in [7, 11) is 0. The smallest absolute Gasteiger partial charge is 0.285 e. The third-order valence-electron chi connectivity index (χ3n) is 4.42. The van der Waals surface area contributed by atoms with Gasteiger partial charge in [0, 0.05) is 11.3 Å². The van der Waals surface area contributed by atoms with Crippen LogP contribution in [0.4, 0.5) is 4.39 Å². The molecule has 0 saturated heterocycles. The highest BCUT2D eigenvalue weighted by molar-refractivity contribution is 6.07. The standard InChI is InChI=1S/C21H20FN3O3/c1-4-16-18(19(26)17-9-12(2)8-13(3)23-17)25(21(28)24-20(16)27)11-14-6-5-7-15(22)10-14/h5-10H,4,11H2,1-3H3,(H,24,27,28). The Hall–Kier alpha value is -3.35. The summed E-state index contributed by atoms with van der Waals surface area (Å²) in [5.41, 5.74) is 1.02. The van der Waals surface area contributed by atoms with Gasteiger partial charge in [0.1, 0.15) is 17.2 Å². The van der Waals surface area contributed by atoms with Crippen LogP contribution in [0.2, 0.25) is 0 Å². The van der Waals surface area contributed by atoms with Gasteiger partial charge in [-0.25, -0.2) is 14.2 Å². The van der Waals surface area contributed by atoms with Gasteiger partial charge < -0.3 is 0 Å². The van der Waals surface area contributed by atoms with Crippen molar-refractivity contribution < 1.29 is 9.18 Å². The molecule has 1 N–H and O–H groups in total. The molecule has 0 fully saturated rings. The molecule has 2 heterocycles. The molecule has 0 amide bonds. The van der Waals surface area contributed by atoms with Crippen LogP contribution in [0.1, 0.15) is 45.5 Å². The fourth-order valence-corrected chi connectivity index (χ4v) is 3.25. The van der Waals surface area contributed by atoms with Crippen molar-refractivity contribution >= 4 is 5.78 Å². The minimum atomic E-state index is -0.723. The highest BCUT2D eigenvalue weighted by Gasteiger charge is 2.23. The van der Waals surface area contributed by atoms with Gasteiger partial charge >= 0.3 is 5.69 Å². The predicted molar refractivity (Wildman–Crippen MR) is 103 cm³/mol. The Morgan fingerprint density at radius 2 is 1.93 bits per heavy atom. The topological polar surface area (TPSA) is 84.8 Å². The third-order valence-corrected chi connectivity index (χ3v) is 4.42. The second-order valence-electron chi connectivity index (χ2n) is 6.66. The molecule has 0 saturated carbocycles. The molecule has 2 aromatic heterocycles. The lowest BCUT2D eigenvalue weighted by atomic mass is 10.0. The molecule has 7 heteroatoms. The molecular formula is C21H20FN3O3. The first-order valence-electron chi connectivity index (χ1n) is 8.90. The second-order valence-corrected chi connectivity index (χ2v) is 6.66. The highest BCUT2D eigenvalue weighted by atomic mass is 19.1. The zero-order valence-electron chi connectivity index (χ0n) is 15.9. The lowest BCUT2D eigenvalue weighted by Crippen LogP contribution is -2.37. The van der Waals surface area contributed by atoms with Crippen LogP contribution in [-0.2, 0) is 13.0 Å². The van der Waals surface area contributed by atoms with Crippen LogP contribution >= 0.6 is 0 Å². The van der Waals surface area contributed by atoms with Gasteiger partial charge in [0.2, 0.25) is 5.78 Å². The number of H-pyrrole nitrogens is 1. The zero-order valence-corrected chi connectivity index (χ0v) is 15.9. The molecule has 0 atom stereocenters. The van der Waals surface area contributed by atoms with Crippen molar-refractivity contribution in [1.82, 2.24) is 14.5 Å². The van der Waals surface area contributed by atoms with Crippen molar-refractivity contribution in [1.29, 1.82) is 0 Å². The first kappa shape index (κ1) is 19.4. The zero-order chi connectivity index (χ0) is 20.4. The molecule has 0 aliphatic rings. The van der Waals surface area contributed by atoms with Crippen LogP contribution in [0.5, 0.6) is 0 Å². The van der Waals surface area contributed by atoms with Crippen molar-refractivity contribution in [3.63, 3.8) is 0 Å². The average Bonchev–Trinajstić information content (AvgIpc) is 2.62. The van der Waals surface area contributed by atoms with Crippen LogP contribution < -0.4 is 11.2 Å². The molecule has 0 spiro atoms. The Labute approximate surface area is 160 Å². The van der Waals surface area contributed by atoms with E-state index in [1.54, 1.807) is 26.0 Å². The molecule has 28 heavy (non-hydrogen) atoms. The molecular weight excluding hydrogens is 361 g/mol. The van der Waals surface area contributed by atoms with Gasteiger partial charge in [0.05, 0.1) is 6.54 Å². The van der Waals surface area contributed by atoms with Crippen LogP contribution in [0.3, 0.4) is 0 Å². The van der Waals surface area contributed by atoms with Crippen LogP contribution in [0.15, 0.2) is 46.0 Å². The van der Waals surface area contributed by atoms with Gasteiger partial charge in [-0.2, -0.15) is 0 Å². The number of ketones is 1. The highest BCUT2D eigenvalue weighted by Crippen LogP contribution is 2.14. The van der Waals surface area contributed by atoms with Gasteiger partial charge in [-0.1, -0.05) is 19.1 Å².